The van der Waals surface area contributed by atoms with Crippen LogP contribution >= 0.6 is 11.6 Å². The van der Waals surface area contributed by atoms with Gasteiger partial charge in [0.15, 0.2) is 0 Å². The van der Waals surface area contributed by atoms with Crippen LogP contribution in [-0.4, -0.2) is 29.3 Å². The molecule has 1 heterocycles. The highest BCUT2D eigenvalue weighted by atomic mass is 35.5. The molecule has 1 aromatic heterocycles. The minimum Gasteiger partial charge on any atom is -0.491 e. The molecule has 1 unspecified atom stereocenters. The number of aryl methyl sites for hydroxylation is 1. The van der Waals surface area contributed by atoms with Crippen molar-refractivity contribution in [1.82, 2.24) is 4.90 Å². The number of nitrogens with zero attached hydrogens (tertiary/aromatic N) is 1. The summed E-state index contributed by atoms with van der Waals surface area (Å²) in [5.74, 6) is 2.46. The second kappa shape index (κ2) is 9.60. The maximum absolute atomic E-state index is 10.5. The Morgan fingerprint density at radius 3 is 2.41 bits per heavy atom. The van der Waals surface area contributed by atoms with E-state index in [1.807, 2.05) is 37.3 Å². The molecule has 0 fully saturated rings. The van der Waals surface area contributed by atoms with E-state index in [-0.39, 0.29) is 6.61 Å². The van der Waals surface area contributed by atoms with Crippen molar-refractivity contribution in [2.24, 2.45) is 0 Å². The maximum Gasteiger partial charge on any atom is 0.119 e. The Morgan fingerprint density at radius 2 is 1.74 bits per heavy atom. The highest BCUT2D eigenvalue weighted by Gasteiger charge is 2.15. The molecule has 0 saturated carbocycles. The Labute approximate surface area is 165 Å². The average molecular weight is 386 g/mol. The number of rotatable bonds is 9. The van der Waals surface area contributed by atoms with Crippen LogP contribution in [0.5, 0.6) is 5.75 Å². The summed E-state index contributed by atoms with van der Waals surface area (Å²) in [7, 11) is 0. The highest BCUT2D eigenvalue weighted by Crippen LogP contribution is 2.17. The molecule has 3 rings (SSSR count). The fourth-order valence-electron chi connectivity index (χ4n) is 2.89. The molecule has 3 aromatic rings. The zero-order valence-electron chi connectivity index (χ0n) is 15.3. The first-order valence-corrected chi connectivity index (χ1v) is 9.34. The third kappa shape index (κ3) is 6.43. The van der Waals surface area contributed by atoms with Crippen molar-refractivity contribution in [2.75, 3.05) is 13.2 Å². The summed E-state index contributed by atoms with van der Waals surface area (Å²) in [5.41, 5.74) is 1.19. The summed E-state index contributed by atoms with van der Waals surface area (Å²) in [5, 5.41) is 11.1. The maximum atomic E-state index is 10.5. The first kappa shape index (κ1) is 19.5. The van der Waals surface area contributed by atoms with Gasteiger partial charge in [0.25, 0.3) is 0 Å². The van der Waals surface area contributed by atoms with Gasteiger partial charge in [-0.2, -0.15) is 0 Å². The second-order valence-electron chi connectivity index (χ2n) is 6.59. The zero-order valence-corrected chi connectivity index (χ0v) is 16.1. The van der Waals surface area contributed by atoms with Gasteiger partial charge >= 0.3 is 0 Å². The lowest BCUT2D eigenvalue weighted by Gasteiger charge is -2.24. The molecule has 2 aromatic carbocycles. The Kier molecular flexibility index (Phi) is 6.93. The van der Waals surface area contributed by atoms with Crippen molar-refractivity contribution in [2.45, 2.75) is 26.1 Å². The molecular weight excluding hydrogens is 362 g/mol. The van der Waals surface area contributed by atoms with Crippen LogP contribution in [0.4, 0.5) is 0 Å². The lowest BCUT2D eigenvalue weighted by atomic mass is 10.2. The Morgan fingerprint density at radius 1 is 1.00 bits per heavy atom. The molecule has 0 spiro atoms. The van der Waals surface area contributed by atoms with Crippen molar-refractivity contribution >= 4 is 11.6 Å². The van der Waals surface area contributed by atoms with Crippen LogP contribution in [0, 0.1) is 6.92 Å². The van der Waals surface area contributed by atoms with Crippen LogP contribution in [0.2, 0.25) is 5.02 Å². The zero-order chi connectivity index (χ0) is 19.1. The van der Waals surface area contributed by atoms with Gasteiger partial charge in [0, 0.05) is 18.1 Å². The fourth-order valence-corrected chi connectivity index (χ4v) is 3.02. The quantitative estimate of drug-likeness (QED) is 0.580. The largest absolute Gasteiger partial charge is 0.491 e. The number of aliphatic hydroxyl groups excluding tert-OH is 1. The van der Waals surface area contributed by atoms with Crippen LogP contribution < -0.4 is 4.74 Å². The van der Waals surface area contributed by atoms with Gasteiger partial charge < -0.3 is 14.3 Å². The first-order chi connectivity index (χ1) is 13.1. The molecule has 4 nitrogen and oxygen atoms in total. The number of ether oxygens (including phenoxy) is 1. The predicted octanol–water partition coefficient (Wildman–Crippen LogP) is 4.68. The molecule has 5 heteroatoms. The van der Waals surface area contributed by atoms with Crippen LogP contribution in [0.3, 0.4) is 0 Å². The van der Waals surface area contributed by atoms with Gasteiger partial charge in [-0.25, -0.2) is 0 Å². The Balaban J connectivity index is 1.59. The molecule has 1 atom stereocenters. The topological polar surface area (TPSA) is 45.8 Å². The SMILES string of the molecule is Cc1ccc(CN(Cc2ccccc2)CC(O)COc2ccc(Cl)cc2)o1. The molecular formula is C22H24ClNO3. The monoisotopic (exact) mass is 385 g/mol. The summed E-state index contributed by atoms with van der Waals surface area (Å²) >= 11 is 5.88. The van der Waals surface area contributed by atoms with Crippen molar-refractivity contribution in [3.05, 3.63) is 88.8 Å². The van der Waals surface area contributed by atoms with E-state index in [2.05, 4.69) is 17.0 Å². The third-order valence-corrected chi connectivity index (χ3v) is 4.40. The van der Waals surface area contributed by atoms with E-state index in [0.29, 0.717) is 23.9 Å². The number of halogens is 1. The van der Waals surface area contributed by atoms with E-state index < -0.39 is 6.10 Å². The summed E-state index contributed by atoms with van der Waals surface area (Å²) in [6.07, 6.45) is -0.625. The molecule has 0 radical (unpaired) electrons. The van der Waals surface area contributed by atoms with Crippen molar-refractivity contribution in [3.8, 4) is 5.75 Å². The molecule has 0 aliphatic carbocycles. The predicted molar refractivity (Wildman–Crippen MR) is 107 cm³/mol. The Hall–Kier alpha value is -2.27. The number of aliphatic hydroxyl groups is 1. The number of hydrogen-bond acceptors (Lipinski definition) is 4. The number of benzene rings is 2. The fraction of sp³-hybridized carbons (Fsp3) is 0.273. The minimum absolute atomic E-state index is 0.212. The third-order valence-electron chi connectivity index (χ3n) is 4.15. The van der Waals surface area contributed by atoms with E-state index in [4.69, 9.17) is 20.8 Å². The van der Waals surface area contributed by atoms with E-state index in [1.54, 1.807) is 24.3 Å². The van der Waals surface area contributed by atoms with Crippen molar-refractivity contribution in [3.63, 3.8) is 0 Å². The Bertz CT molecular complexity index is 817. The number of furan rings is 1. The van der Waals surface area contributed by atoms with Gasteiger partial charge in [0.2, 0.25) is 0 Å². The van der Waals surface area contributed by atoms with Gasteiger partial charge in [0.1, 0.15) is 30.0 Å². The van der Waals surface area contributed by atoms with Crippen LogP contribution in [-0.2, 0) is 13.1 Å². The highest BCUT2D eigenvalue weighted by molar-refractivity contribution is 6.30. The molecule has 0 bridgehead atoms. The summed E-state index contributed by atoms with van der Waals surface area (Å²) in [6.45, 7) is 3.96. The second-order valence-corrected chi connectivity index (χ2v) is 7.02. The molecule has 0 amide bonds. The minimum atomic E-state index is -0.625. The van der Waals surface area contributed by atoms with Crippen LogP contribution in [0.1, 0.15) is 17.1 Å². The average Bonchev–Trinajstić information content (AvgIpc) is 3.07. The first-order valence-electron chi connectivity index (χ1n) is 8.96. The summed E-state index contributed by atoms with van der Waals surface area (Å²) in [6, 6.07) is 21.3. The lowest BCUT2D eigenvalue weighted by Crippen LogP contribution is -2.35. The van der Waals surface area contributed by atoms with Gasteiger partial charge in [-0.05, 0) is 48.9 Å². The molecule has 1 N–H and O–H groups in total. The molecule has 0 aliphatic rings. The van der Waals surface area contributed by atoms with Gasteiger partial charge in [-0.3, -0.25) is 4.90 Å². The number of hydrogen-bond donors (Lipinski definition) is 1. The van der Waals surface area contributed by atoms with Crippen LogP contribution in [0.15, 0.2) is 71.1 Å². The summed E-state index contributed by atoms with van der Waals surface area (Å²) < 4.78 is 11.4. The molecule has 0 aliphatic heterocycles. The van der Waals surface area contributed by atoms with E-state index in [0.717, 1.165) is 18.1 Å². The van der Waals surface area contributed by atoms with Crippen molar-refractivity contribution in [1.29, 1.82) is 0 Å². The lowest BCUT2D eigenvalue weighted by molar-refractivity contribution is 0.0604. The summed E-state index contributed by atoms with van der Waals surface area (Å²) in [4.78, 5) is 2.16. The smallest absolute Gasteiger partial charge is 0.119 e. The molecule has 0 saturated heterocycles. The normalized spacial score (nSPS) is 12.3. The van der Waals surface area contributed by atoms with E-state index >= 15 is 0 Å². The molecule has 142 valence electrons. The van der Waals surface area contributed by atoms with E-state index in [1.165, 1.54) is 5.56 Å². The molecule has 27 heavy (non-hydrogen) atoms. The van der Waals surface area contributed by atoms with Gasteiger partial charge in [0.05, 0.1) is 6.54 Å². The van der Waals surface area contributed by atoms with Crippen molar-refractivity contribution < 1.29 is 14.3 Å². The van der Waals surface area contributed by atoms with E-state index in [9.17, 15) is 5.11 Å². The van der Waals surface area contributed by atoms with Crippen LogP contribution in [0.25, 0.3) is 0 Å². The van der Waals surface area contributed by atoms with Gasteiger partial charge in [-0.15, -0.1) is 0 Å². The standard InChI is InChI=1S/C22H24ClNO3/c1-17-7-10-22(27-17)15-24(13-18-5-3-2-4-6-18)14-20(25)16-26-21-11-8-19(23)9-12-21/h2-12,20,25H,13-16H2,1H3. The van der Waals surface area contributed by atoms with Gasteiger partial charge in [-0.1, -0.05) is 41.9 Å².